The topological polar surface area (TPSA) is 147 Å². The average Bonchev–Trinajstić information content (AvgIpc) is 3.43. The van der Waals surface area contributed by atoms with Crippen molar-refractivity contribution < 1.29 is 38.0 Å². The van der Waals surface area contributed by atoms with E-state index in [2.05, 4.69) is 15.0 Å². The molecule has 1 saturated heterocycles. The van der Waals surface area contributed by atoms with Gasteiger partial charge in [-0.2, -0.15) is 0 Å². The Morgan fingerprint density at radius 3 is 2.35 bits per heavy atom. The van der Waals surface area contributed by atoms with Gasteiger partial charge in [0.1, 0.15) is 6.10 Å². The van der Waals surface area contributed by atoms with Crippen molar-refractivity contribution in [3.05, 3.63) is 54.1 Å². The predicted octanol–water partition coefficient (Wildman–Crippen LogP) is 2.42. The number of phosphoric ester groups is 1. The van der Waals surface area contributed by atoms with Gasteiger partial charge in [-0.05, 0) is 28.8 Å². The Hall–Kier alpha value is -3.24. The van der Waals surface area contributed by atoms with E-state index in [0.29, 0.717) is 24.4 Å². The van der Waals surface area contributed by atoms with E-state index in [1.807, 2.05) is 48.5 Å². The number of carbonyl (C=O) groups excluding carboxylic acids is 2. The molecule has 0 saturated carbocycles. The van der Waals surface area contributed by atoms with Crippen LogP contribution in [0.4, 0.5) is 10.5 Å². The number of nitrogens with one attached hydrogen (secondary N) is 1. The van der Waals surface area contributed by atoms with Gasteiger partial charge in [0.05, 0.1) is 25.4 Å². The number of phosphoric acid groups is 1. The Bertz CT molecular complexity index is 1130. The number of ether oxygens (including phenoxy) is 1. The standard InChI is InChI=1S/C22H24N3O8P/c1-14(26)23-11-20-12-25(22(27)32-20)18-8-6-16(7-9-18)15-2-4-17(5-3-15)21-10-19(33-24-21)13-31-34(28,29)30/h2-9,19-20H,10-13H2,1H3,(H,23,26)(H2,28,29,30)/t19?,20-/m0/s1. The highest BCUT2D eigenvalue weighted by atomic mass is 31.2. The minimum absolute atomic E-state index is 0.175. The number of carbonyl (C=O) groups is 2. The molecule has 0 aliphatic carbocycles. The van der Waals surface area contributed by atoms with Crippen LogP contribution in [0.25, 0.3) is 11.1 Å². The van der Waals surface area contributed by atoms with Crippen molar-refractivity contribution in [3.63, 3.8) is 0 Å². The van der Waals surface area contributed by atoms with E-state index >= 15 is 0 Å². The van der Waals surface area contributed by atoms with E-state index in [-0.39, 0.29) is 19.1 Å². The maximum absolute atomic E-state index is 12.2. The summed E-state index contributed by atoms with van der Waals surface area (Å²) in [5.74, 6) is -0.175. The molecule has 11 nitrogen and oxygen atoms in total. The molecule has 0 spiro atoms. The summed E-state index contributed by atoms with van der Waals surface area (Å²) in [6.07, 6.45) is -1.02. The highest BCUT2D eigenvalue weighted by Crippen LogP contribution is 2.36. The number of hydrogen-bond acceptors (Lipinski definition) is 7. The van der Waals surface area contributed by atoms with Gasteiger partial charge in [-0.3, -0.25) is 14.2 Å². The second-order valence-electron chi connectivity index (χ2n) is 7.93. The molecule has 2 aromatic rings. The highest BCUT2D eigenvalue weighted by molar-refractivity contribution is 7.46. The fourth-order valence-corrected chi connectivity index (χ4v) is 4.01. The SMILES string of the molecule is CC(=O)NC[C@H]1CN(c2ccc(-c3ccc(C4=NOC(COP(=O)(O)O)C4)cc3)cc2)C(=O)O1. The second-order valence-corrected chi connectivity index (χ2v) is 9.17. The monoisotopic (exact) mass is 489 g/mol. The third-order valence-corrected chi connectivity index (χ3v) is 5.83. The first-order valence-electron chi connectivity index (χ1n) is 10.5. The lowest BCUT2D eigenvalue weighted by Crippen LogP contribution is -2.33. The van der Waals surface area contributed by atoms with E-state index in [4.69, 9.17) is 19.4 Å². The van der Waals surface area contributed by atoms with E-state index in [0.717, 1.165) is 16.7 Å². The zero-order valence-corrected chi connectivity index (χ0v) is 19.2. The molecular formula is C22H24N3O8P. The largest absolute Gasteiger partial charge is 0.469 e. The lowest BCUT2D eigenvalue weighted by Gasteiger charge is -2.14. The second kappa shape index (κ2) is 9.94. The number of cyclic esters (lactones) is 1. The summed E-state index contributed by atoms with van der Waals surface area (Å²) in [5, 5.41) is 6.65. The van der Waals surface area contributed by atoms with Crippen molar-refractivity contribution in [1.29, 1.82) is 0 Å². The molecule has 12 heteroatoms. The maximum atomic E-state index is 12.2. The molecule has 1 unspecified atom stereocenters. The average molecular weight is 489 g/mol. The molecule has 3 N–H and O–H groups in total. The Morgan fingerprint density at radius 2 is 1.74 bits per heavy atom. The van der Waals surface area contributed by atoms with Crippen LogP contribution in [0.1, 0.15) is 18.9 Å². The Labute approximate surface area is 195 Å². The minimum Gasteiger partial charge on any atom is -0.442 e. The van der Waals surface area contributed by atoms with Crippen molar-refractivity contribution in [2.75, 3.05) is 24.6 Å². The van der Waals surface area contributed by atoms with Crippen LogP contribution < -0.4 is 10.2 Å². The molecule has 0 radical (unpaired) electrons. The van der Waals surface area contributed by atoms with Crippen LogP contribution in [0.5, 0.6) is 0 Å². The van der Waals surface area contributed by atoms with Gasteiger partial charge in [0.15, 0.2) is 6.10 Å². The lowest BCUT2D eigenvalue weighted by atomic mass is 10.00. The lowest BCUT2D eigenvalue weighted by molar-refractivity contribution is -0.119. The number of oxime groups is 1. The number of anilines is 1. The summed E-state index contributed by atoms with van der Waals surface area (Å²) in [4.78, 5) is 47.6. The zero-order valence-electron chi connectivity index (χ0n) is 18.3. The van der Waals surface area contributed by atoms with Crippen molar-refractivity contribution in [3.8, 4) is 11.1 Å². The van der Waals surface area contributed by atoms with E-state index in [1.165, 1.54) is 11.8 Å². The van der Waals surface area contributed by atoms with Gasteiger partial charge in [0.2, 0.25) is 5.91 Å². The summed E-state index contributed by atoms with van der Waals surface area (Å²) in [5.41, 5.74) is 4.13. The van der Waals surface area contributed by atoms with Gasteiger partial charge in [0.25, 0.3) is 0 Å². The predicted molar refractivity (Wildman–Crippen MR) is 122 cm³/mol. The van der Waals surface area contributed by atoms with Crippen LogP contribution >= 0.6 is 7.82 Å². The van der Waals surface area contributed by atoms with Crippen LogP contribution in [-0.2, 0) is 23.5 Å². The summed E-state index contributed by atoms with van der Waals surface area (Å²) >= 11 is 0. The molecule has 2 heterocycles. The minimum atomic E-state index is -4.55. The smallest absolute Gasteiger partial charge is 0.442 e. The van der Waals surface area contributed by atoms with Crippen molar-refractivity contribution in [1.82, 2.24) is 5.32 Å². The normalized spacial score (nSPS) is 20.0. The molecule has 34 heavy (non-hydrogen) atoms. The molecule has 1 fully saturated rings. The summed E-state index contributed by atoms with van der Waals surface area (Å²) in [6, 6.07) is 15.1. The first-order valence-corrected chi connectivity index (χ1v) is 12.1. The molecule has 0 aromatic heterocycles. The third-order valence-electron chi connectivity index (χ3n) is 5.34. The molecule has 4 rings (SSSR count). The van der Waals surface area contributed by atoms with Crippen LogP contribution in [0.2, 0.25) is 0 Å². The molecule has 2 aromatic carbocycles. The maximum Gasteiger partial charge on any atom is 0.469 e. The molecule has 180 valence electrons. The summed E-state index contributed by atoms with van der Waals surface area (Å²) < 4.78 is 20.6. The van der Waals surface area contributed by atoms with Crippen LogP contribution in [0.15, 0.2) is 53.7 Å². The first kappa shape index (κ1) is 23.9. The Kier molecular flexibility index (Phi) is 6.99. The quantitative estimate of drug-likeness (QED) is 0.479. The zero-order chi connectivity index (χ0) is 24.3. The first-order chi connectivity index (χ1) is 16.2. The van der Waals surface area contributed by atoms with Gasteiger partial charge in [0, 0.05) is 19.0 Å². The van der Waals surface area contributed by atoms with Crippen molar-refractivity contribution in [2.45, 2.75) is 25.6 Å². The Morgan fingerprint density at radius 1 is 1.12 bits per heavy atom. The molecular weight excluding hydrogens is 465 g/mol. The molecule has 2 aliphatic heterocycles. The fraction of sp³-hybridized carbons (Fsp3) is 0.318. The van der Waals surface area contributed by atoms with E-state index in [9.17, 15) is 14.2 Å². The molecule has 2 aliphatic rings. The molecule has 2 atom stereocenters. The van der Waals surface area contributed by atoms with Gasteiger partial charge in [-0.15, -0.1) is 0 Å². The number of benzene rings is 2. The van der Waals surface area contributed by atoms with Crippen molar-refractivity contribution in [2.24, 2.45) is 5.16 Å². The summed E-state index contributed by atoms with van der Waals surface area (Å²) in [7, 11) is -4.55. The van der Waals surface area contributed by atoms with Crippen LogP contribution in [-0.4, -0.2) is 59.4 Å². The Balaban J connectivity index is 1.35. The number of amides is 2. The molecule has 0 bridgehead atoms. The van der Waals surface area contributed by atoms with E-state index in [1.54, 1.807) is 0 Å². The van der Waals surface area contributed by atoms with Gasteiger partial charge < -0.3 is 24.7 Å². The number of rotatable bonds is 8. The van der Waals surface area contributed by atoms with Crippen LogP contribution in [0, 0.1) is 0 Å². The van der Waals surface area contributed by atoms with Gasteiger partial charge >= 0.3 is 13.9 Å². The highest BCUT2D eigenvalue weighted by Gasteiger charge is 2.32. The van der Waals surface area contributed by atoms with Gasteiger partial charge in [-0.1, -0.05) is 41.6 Å². The number of hydrogen-bond donors (Lipinski definition) is 3. The number of nitrogens with zero attached hydrogens (tertiary/aromatic N) is 2. The molecule has 2 amide bonds. The van der Waals surface area contributed by atoms with Crippen LogP contribution in [0.3, 0.4) is 0 Å². The van der Waals surface area contributed by atoms with E-state index < -0.39 is 26.1 Å². The fourth-order valence-electron chi connectivity index (χ4n) is 3.65. The summed E-state index contributed by atoms with van der Waals surface area (Å²) in [6.45, 7) is 1.80. The van der Waals surface area contributed by atoms with Crippen molar-refractivity contribution >= 4 is 31.2 Å². The van der Waals surface area contributed by atoms with Gasteiger partial charge in [-0.25, -0.2) is 9.36 Å². The third kappa shape index (κ3) is 6.00.